The molecule has 2 aromatic rings. The molecule has 3 rings (SSSR count). The first kappa shape index (κ1) is 41.0. The predicted molar refractivity (Wildman–Crippen MR) is 220 cm³/mol. The number of hydrogen-bond acceptors (Lipinski definition) is 2. The molecule has 0 aromatic heterocycles. The van der Waals surface area contributed by atoms with Gasteiger partial charge in [-0.1, -0.05) is 127 Å². The third-order valence-electron chi connectivity index (χ3n) is 9.81. The van der Waals surface area contributed by atoms with Crippen molar-refractivity contribution in [2.24, 2.45) is 23.7 Å². The summed E-state index contributed by atoms with van der Waals surface area (Å²) in [4.78, 5) is 5.68. The Bertz CT molecular complexity index is 1380. The Morgan fingerprint density at radius 2 is 1.44 bits per heavy atom. The van der Waals surface area contributed by atoms with E-state index in [9.17, 15) is 0 Å². The van der Waals surface area contributed by atoms with Gasteiger partial charge in [-0.25, -0.2) is 0 Å². The molecule has 48 heavy (non-hydrogen) atoms. The minimum atomic E-state index is -1.62. The van der Waals surface area contributed by atoms with Crippen LogP contribution in [-0.4, -0.2) is 18.5 Å². The fraction of sp³-hybridized carbons (Fsp3) is 0.581. The number of alkyl halides is 1. The maximum Gasteiger partial charge on any atom is 0.134 e. The molecule has 0 saturated carbocycles. The lowest BCUT2D eigenvalue weighted by molar-refractivity contribution is 0.193. The van der Waals surface area contributed by atoms with Gasteiger partial charge in [0.1, 0.15) is 11.5 Å². The second-order valence-corrected chi connectivity index (χ2v) is 19.3. The molecule has 5 heteroatoms. The van der Waals surface area contributed by atoms with Crippen molar-refractivity contribution >= 4 is 47.5 Å². The van der Waals surface area contributed by atoms with E-state index in [0.717, 1.165) is 60.3 Å². The van der Waals surface area contributed by atoms with Crippen LogP contribution in [-0.2, 0) is 4.74 Å². The molecule has 0 spiro atoms. The van der Waals surface area contributed by atoms with E-state index >= 15 is 0 Å². The van der Waals surface area contributed by atoms with Crippen LogP contribution in [0, 0.1) is 23.7 Å². The molecule has 1 heterocycles. The zero-order valence-electron chi connectivity index (χ0n) is 31.5. The van der Waals surface area contributed by atoms with E-state index in [1.165, 1.54) is 69.3 Å². The molecule has 268 valence electrons. The highest BCUT2D eigenvalue weighted by Crippen LogP contribution is 2.79. The van der Waals surface area contributed by atoms with Crippen molar-refractivity contribution in [1.82, 2.24) is 0 Å². The fourth-order valence-electron chi connectivity index (χ4n) is 6.90. The van der Waals surface area contributed by atoms with E-state index in [0.29, 0.717) is 17.2 Å². The molecular formula is C43H64Br2O2S. The first-order valence-corrected chi connectivity index (χ1v) is 22.1. The molecule has 0 aliphatic carbocycles. The topological polar surface area (TPSA) is 18.5 Å². The van der Waals surface area contributed by atoms with Crippen LogP contribution >= 0.6 is 41.9 Å². The summed E-state index contributed by atoms with van der Waals surface area (Å²) >= 11 is 7.76. The van der Waals surface area contributed by atoms with E-state index in [2.05, 4.69) is 149 Å². The minimum Gasteiger partial charge on any atom is -0.497 e. The predicted octanol–water partition coefficient (Wildman–Crippen LogP) is 15.1. The van der Waals surface area contributed by atoms with Crippen LogP contribution in [0.2, 0.25) is 0 Å². The number of hydrogen-bond donors (Lipinski definition) is 0. The molecule has 1 aliphatic rings. The molecule has 0 amide bonds. The molecule has 3 unspecified atom stereocenters. The van der Waals surface area contributed by atoms with Crippen molar-refractivity contribution in [3.63, 3.8) is 0 Å². The summed E-state index contributed by atoms with van der Waals surface area (Å²) in [5.74, 6) is 4.80. The van der Waals surface area contributed by atoms with Crippen LogP contribution in [0.25, 0.3) is 5.57 Å². The number of halogens is 2. The van der Waals surface area contributed by atoms with Crippen LogP contribution < -0.4 is 4.74 Å². The van der Waals surface area contributed by atoms with Gasteiger partial charge < -0.3 is 9.47 Å². The van der Waals surface area contributed by atoms with Gasteiger partial charge in [0, 0.05) is 9.79 Å². The van der Waals surface area contributed by atoms with Crippen LogP contribution in [0.3, 0.4) is 0 Å². The van der Waals surface area contributed by atoms with Crippen molar-refractivity contribution in [3.05, 3.63) is 80.2 Å². The van der Waals surface area contributed by atoms with Crippen LogP contribution in [0.4, 0.5) is 0 Å². The molecule has 0 radical (unpaired) electrons. The van der Waals surface area contributed by atoms with Crippen molar-refractivity contribution < 1.29 is 9.47 Å². The third kappa shape index (κ3) is 10.8. The van der Waals surface area contributed by atoms with Crippen molar-refractivity contribution in [1.29, 1.82) is 0 Å². The van der Waals surface area contributed by atoms with Crippen LogP contribution in [0.5, 0.6) is 5.75 Å². The molecule has 0 saturated heterocycles. The van der Waals surface area contributed by atoms with Crippen molar-refractivity contribution in [3.8, 4) is 5.75 Å². The monoisotopic (exact) mass is 802 g/mol. The normalized spacial score (nSPS) is 19.4. The van der Waals surface area contributed by atoms with Gasteiger partial charge in [-0.3, -0.25) is 0 Å². The molecule has 1 aliphatic heterocycles. The highest BCUT2D eigenvalue weighted by molar-refractivity contribution is 9.10. The molecule has 3 atom stereocenters. The fourth-order valence-corrected chi connectivity index (χ4v) is 12.4. The molecule has 0 fully saturated rings. The van der Waals surface area contributed by atoms with Gasteiger partial charge in [0.25, 0.3) is 0 Å². The number of ether oxygens (including phenoxy) is 2. The van der Waals surface area contributed by atoms with Gasteiger partial charge in [-0.15, -0.1) is 10.0 Å². The molecule has 0 bridgehead atoms. The highest BCUT2D eigenvalue weighted by atomic mass is 79.9. The van der Waals surface area contributed by atoms with E-state index in [4.69, 9.17) is 9.47 Å². The number of rotatable bonds is 21. The summed E-state index contributed by atoms with van der Waals surface area (Å²) in [7, 11) is -1.62. The highest BCUT2D eigenvalue weighted by Gasteiger charge is 2.42. The number of fused-ring (bicyclic) bond motifs is 1. The number of allylic oxidation sites excluding steroid dienone is 6. The smallest absolute Gasteiger partial charge is 0.134 e. The Hall–Kier alpha value is -1.43. The van der Waals surface area contributed by atoms with E-state index in [-0.39, 0.29) is 0 Å². The number of benzene rings is 2. The second-order valence-electron chi connectivity index (χ2n) is 14.7. The lowest BCUT2D eigenvalue weighted by atomic mass is 9.98. The van der Waals surface area contributed by atoms with E-state index in [1.54, 1.807) is 0 Å². The maximum absolute atomic E-state index is 6.56. The zero-order valence-corrected chi connectivity index (χ0v) is 35.5. The van der Waals surface area contributed by atoms with Gasteiger partial charge in [0.15, 0.2) is 0 Å². The standard InChI is InChI=1S/C43H64Br2O2S/c1-10-37(11-2)48(38-21-13-12-14-22-38)35(9)39(27-36(30-44)46-25-23-33(7)19-15-17-31(3)4)40-28-42(41(45)29-43(40)48)47-26-24-34(8)20-16-18-32(5)6/h10,12-14,21-22,27-29,31-34H,11,15-20,23-26,30H2,1-9H3/b36-27+,37-10+. The Morgan fingerprint density at radius 3 is 1.98 bits per heavy atom. The average Bonchev–Trinajstić information content (AvgIpc) is 3.27. The molecular weight excluding hydrogens is 740 g/mol. The van der Waals surface area contributed by atoms with Crippen LogP contribution in [0.15, 0.2) is 84.4 Å². The molecule has 2 nitrogen and oxygen atoms in total. The SMILES string of the molecule is C/C=C(\CC)S1(c2ccccc2)C(C)=C(/C=C(\CBr)OCCC(C)CCCC(C)C)c2cc(OCCC(C)CCCC(C)C)c(Br)cc21. The van der Waals surface area contributed by atoms with Gasteiger partial charge in [0.2, 0.25) is 0 Å². The Balaban J connectivity index is 2.00. The Labute approximate surface area is 313 Å². The maximum atomic E-state index is 6.56. The van der Waals surface area contributed by atoms with E-state index in [1.807, 2.05) is 0 Å². The summed E-state index contributed by atoms with van der Waals surface area (Å²) in [6, 6.07) is 15.9. The minimum absolute atomic E-state index is 0.658. The van der Waals surface area contributed by atoms with Crippen LogP contribution in [0.1, 0.15) is 126 Å². The quantitative estimate of drug-likeness (QED) is 0.0924. The first-order valence-electron chi connectivity index (χ1n) is 18.6. The third-order valence-corrected chi connectivity index (χ3v) is 15.4. The lowest BCUT2D eigenvalue weighted by Crippen LogP contribution is -2.07. The van der Waals surface area contributed by atoms with E-state index < -0.39 is 10.0 Å². The first-order chi connectivity index (χ1) is 23.0. The summed E-state index contributed by atoms with van der Waals surface area (Å²) < 4.78 is 14.1. The van der Waals surface area contributed by atoms with Gasteiger partial charge >= 0.3 is 0 Å². The second kappa shape index (κ2) is 20.4. The molecule has 0 N–H and O–H groups in total. The Morgan fingerprint density at radius 1 is 0.833 bits per heavy atom. The summed E-state index contributed by atoms with van der Waals surface area (Å²) in [6.45, 7) is 22.3. The average molecular weight is 805 g/mol. The lowest BCUT2D eigenvalue weighted by Gasteiger charge is -2.42. The van der Waals surface area contributed by atoms with Gasteiger partial charge in [-0.05, 0) is 124 Å². The molecule has 2 aromatic carbocycles. The van der Waals surface area contributed by atoms with Crippen molar-refractivity contribution in [2.75, 3.05) is 18.5 Å². The zero-order chi connectivity index (χ0) is 35.3. The van der Waals surface area contributed by atoms with Gasteiger partial charge in [0.05, 0.1) is 23.0 Å². The summed E-state index contributed by atoms with van der Waals surface area (Å²) in [6.07, 6.45) is 15.6. The summed E-state index contributed by atoms with van der Waals surface area (Å²) in [5.41, 5.74) is 2.54. The summed E-state index contributed by atoms with van der Waals surface area (Å²) in [5, 5.41) is 0.688. The largest absolute Gasteiger partial charge is 0.497 e. The van der Waals surface area contributed by atoms with Gasteiger partial charge in [-0.2, -0.15) is 0 Å². The van der Waals surface area contributed by atoms with Crippen molar-refractivity contribution in [2.45, 2.75) is 130 Å². The Kier molecular flexibility index (Phi) is 17.4.